The molecule has 2 aromatic carbocycles. The van der Waals surface area contributed by atoms with E-state index in [4.69, 9.17) is 0 Å². The molecule has 0 aliphatic carbocycles. The van der Waals surface area contributed by atoms with E-state index in [9.17, 15) is 26.4 Å². The number of carbonyl (C=O) groups excluding carboxylic acids is 1. The molecule has 2 amide bonds. The van der Waals surface area contributed by atoms with Crippen LogP contribution in [0.3, 0.4) is 0 Å². The molecule has 0 aromatic heterocycles. The number of hydrogen-bond acceptors (Lipinski definition) is 3. The summed E-state index contributed by atoms with van der Waals surface area (Å²) in [5.41, 5.74) is -0.374. The van der Waals surface area contributed by atoms with E-state index in [0.29, 0.717) is 10.2 Å². The van der Waals surface area contributed by atoms with Crippen LogP contribution in [0.1, 0.15) is 5.56 Å². The summed E-state index contributed by atoms with van der Waals surface area (Å²) in [5, 5.41) is 0. The van der Waals surface area contributed by atoms with E-state index in [1.54, 1.807) is 24.3 Å². The van der Waals surface area contributed by atoms with Crippen molar-refractivity contribution in [1.82, 2.24) is 0 Å². The van der Waals surface area contributed by atoms with Crippen molar-refractivity contribution in [1.29, 1.82) is 0 Å². The first-order valence-corrected chi connectivity index (χ1v) is 10.9. The van der Waals surface area contributed by atoms with E-state index >= 15 is 0 Å². The SMILES string of the molecule is O=C1N(c2cccc(Br)c2)[C@@H]2CS(=O)(=O)C[C@@H]2N1c1cccc(C(F)(F)F)c1. The molecule has 10 heteroatoms. The zero-order valence-electron chi connectivity index (χ0n) is 14.2. The van der Waals surface area contributed by atoms with Crippen molar-refractivity contribution in [2.24, 2.45) is 0 Å². The molecule has 2 aliphatic rings. The Labute approximate surface area is 167 Å². The minimum absolute atomic E-state index is 0.0319. The molecular weight excluding hydrogens is 461 g/mol. The molecule has 2 heterocycles. The molecule has 2 fully saturated rings. The van der Waals surface area contributed by atoms with Crippen molar-refractivity contribution in [3.8, 4) is 0 Å². The summed E-state index contributed by atoms with van der Waals surface area (Å²) in [7, 11) is -3.43. The summed E-state index contributed by atoms with van der Waals surface area (Å²) in [6, 6.07) is 9.25. The van der Waals surface area contributed by atoms with Crippen LogP contribution in [0.25, 0.3) is 0 Å². The molecule has 0 saturated carbocycles. The van der Waals surface area contributed by atoms with Gasteiger partial charge in [-0.15, -0.1) is 0 Å². The fraction of sp³-hybridized carbons (Fsp3) is 0.278. The lowest BCUT2D eigenvalue weighted by atomic mass is 10.1. The van der Waals surface area contributed by atoms with Crippen LogP contribution in [0.2, 0.25) is 0 Å². The summed E-state index contributed by atoms with van der Waals surface area (Å²) in [5.74, 6) is -0.518. The number of halogens is 4. The number of hydrogen-bond donors (Lipinski definition) is 0. The topological polar surface area (TPSA) is 57.7 Å². The molecule has 5 nitrogen and oxygen atoms in total. The summed E-state index contributed by atoms with van der Waals surface area (Å²) in [6.07, 6.45) is -4.57. The first-order valence-electron chi connectivity index (χ1n) is 8.32. The van der Waals surface area contributed by atoms with Crippen LogP contribution < -0.4 is 9.80 Å². The van der Waals surface area contributed by atoms with E-state index in [2.05, 4.69) is 15.9 Å². The average Bonchev–Trinajstić information content (AvgIpc) is 3.02. The summed E-state index contributed by atoms with van der Waals surface area (Å²) >= 11 is 3.32. The number of carbonyl (C=O) groups is 1. The predicted octanol–water partition coefficient (Wildman–Crippen LogP) is 4.08. The second-order valence-electron chi connectivity index (χ2n) is 6.76. The lowest BCUT2D eigenvalue weighted by molar-refractivity contribution is -0.137. The molecular formula is C18H14BrF3N2O3S. The number of urea groups is 1. The molecule has 0 N–H and O–H groups in total. The summed E-state index contributed by atoms with van der Waals surface area (Å²) < 4.78 is 64.5. The molecule has 0 radical (unpaired) electrons. The molecule has 4 rings (SSSR count). The number of rotatable bonds is 2. The number of alkyl halides is 3. The van der Waals surface area contributed by atoms with Gasteiger partial charge in [0, 0.05) is 15.8 Å². The van der Waals surface area contributed by atoms with E-state index in [1.807, 2.05) is 0 Å². The van der Waals surface area contributed by atoms with Crippen molar-refractivity contribution in [2.45, 2.75) is 18.3 Å². The van der Waals surface area contributed by atoms with Gasteiger partial charge in [-0.05, 0) is 36.4 Å². The lowest BCUT2D eigenvalue weighted by Crippen LogP contribution is -2.38. The number of fused-ring (bicyclic) bond motifs is 1. The Bertz CT molecular complexity index is 1060. The minimum Gasteiger partial charge on any atom is -0.288 e. The van der Waals surface area contributed by atoms with Crippen LogP contribution in [0.5, 0.6) is 0 Å². The number of nitrogens with zero attached hydrogens (tertiary/aromatic N) is 2. The van der Waals surface area contributed by atoms with Gasteiger partial charge in [0.2, 0.25) is 0 Å². The molecule has 2 aliphatic heterocycles. The highest BCUT2D eigenvalue weighted by Crippen LogP contribution is 2.40. The summed E-state index contributed by atoms with van der Waals surface area (Å²) in [4.78, 5) is 15.7. The van der Waals surface area contributed by atoms with Gasteiger partial charge < -0.3 is 0 Å². The van der Waals surface area contributed by atoms with Crippen LogP contribution in [0.15, 0.2) is 53.0 Å². The second kappa shape index (κ2) is 6.48. The Morgan fingerprint density at radius 3 is 2.00 bits per heavy atom. The predicted molar refractivity (Wildman–Crippen MR) is 102 cm³/mol. The molecule has 2 saturated heterocycles. The second-order valence-corrected chi connectivity index (χ2v) is 9.83. The van der Waals surface area contributed by atoms with Crippen molar-refractivity contribution in [3.63, 3.8) is 0 Å². The third-order valence-corrected chi connectivity index (χ3v) is 7.10. The van der Waals surface area contributed by atoms with E-state index in [1.165, 1.54) is 21.9 Å². The normalized spacial score (nSPS) is 23.9. The minimum atomic E-state index is -4.57. The van der Waals surface area contributed by atoms with Gasteiger partial charge in [0.1, 0.15) is 0 Å². The Morgan fingerprint density at radius 2 is 1.46 bits per heavy atom. The smallest absolute Gasteiger partial charge is 0.288 e. The maximum absolute atomic E-state index is 13.2. The van der Waals surface area contributed by atoms with Gasteiger partial charge in [-0.1, -0.05) is 28.1 Å². The van der Waals surface area contributed by atoms with Gasteiger partial charge in [0.25, 0.3) is 0 Å². The Morgan fingerprint density at radius 1 is 0.929 bits per heavy atom. The Balaban J connectivity index is 1.81. The number of anilines is 2. The highest BCUT2D eigenvalue weighted by molar-refractivity contribution is 9.10. The zero-order valence-corrected chi connectivity index (χ0v) is 16.6. The van der Waals surface area contributed by atoms with Crippen LogP contribution in [0.4, 0.5) is 29.3 Å². The van der Waals surface area contributed by atoms with Crippen LogP contribution in [-0.4, -0.2) is 38.0 Å². The van der Waals surface area contributed by atoms with Crippen molar-refractivity contribution >= 4 is 43.2 Å². The number of amides is 2. The van der Waals surface area contributed by atoms with E-state index in [0.717, 1.165) is 12.1 Å². The van der Waals surface area contributed by atoms with Crippen molar-refractivity contribution in [2.75, 3.05) is 21.3 Å². The van der Waals surface area contributed by atoms with Crippen molar-refractivity contribution in [3.05, 3.63) is 58.6 Å². The number of benzene rings is 2. The van der Waals surface area contributed by atoms with Crippen LogP contribution in [-0.2, 0) is 16.0 Å². The third kappa shape index (κ3) is 3.28. The molecule has 28 heavy (non-hydrogen) atoms. The Kier molecular flexibility index (Phi) is 4.46. The molecule has 0 spiro atoms. The largest absolute Gasteiger partial charge is 0.416 e. The fourth-order valence-corrected chi connectivity index (χ4v) is 6.07. The van der Waals surface area contributed by atoms with Gasteiger partial charge >= 0.3 is 12.2 Å². The third-order valence-electron chi connectivity index (χ3n) is 4.91. The maximum Gasteiger partial charge on any atom is 0.416 e. The summed E-state index contributed by atoms with van der Waals surface area (Å²) in [6.45, 7) is 0. The van der Waals surface area contributed by atoms with Gasteiger partial charge in [0.15, 0.2) is 9.84 Å². The quantitative estimate of drug-likeness (QED) is 0.616. The standard InChI is InChI=1S/C18H14BrF3N2O3S/c19-12-4-2-6-14(8-12)24-16-10-28(26,27)9-15(16)23(17(24)25)13-5-1-3-11(7-13)18(20,21)22/h1-8,15-16H,9-10H2/t15-,16+/m0/s1. The van der Waals surface area contributed by atoms with Crippen LogP contribution >= 0.6 is 15.9 Å². The van der Waals surface area contributed by atoms with Gasteiger partial charge in [0.05, 0.1) is 29.2 Å². The molecule has 0 bridgehead atoms. The number of sulfone groups is 1. The maximum atomic E-state index is 13.2. The molecule has 0 unspecified atom stereocenters. The monoisotopic (exact) mass is 474 g/mol. The average molecular weight is 475 g/mol. The first-order chi connectivity index (χ1) is 13.1. The highest BCUT2D eigenvalue weighted by atomic mass is 79.9. The molecule has 2 aromatic rings. The lowest BCUT2D eigenvalue weighted by Gasteiger charge is -2.23. The molecule has 148 valence electrons. The van der Waals surface area contributed by atoms with Gasteiger partial charge in [-0.2, -0.15) is 13.2 Å². The Hall–Kier alpha value is -2.07. The zero-order chi connectivity index (χ0) is 20.3. The highest BCUT2D eigenvalue weighted by Gasteiger charge is 2.54. The fourth-order valence-electron chi connectivity index (χ4n) is 3.77. The van der Waals surface area contributed by atoms with Crippen LogP contribution in [0, 0.1) is 0 Å². The van der Waals surface area contributed by atoms with Gasteiger partial charge in [-0.3, -0.25) is 9.80 Å². The van der Waals surface area contributed by atoms with E-state index < -0.39 is 39.7 Å². The van der Waals surface area contributed by atoms with Gasteiger partial charge in [-0.25, -0.2) is 13.2 Å². The van der Waals surface area contributed by atoms with Crippen molar-refractivity contribution < 1.29 is 26.4 Å². The first kappa shape index (κ1) is 19.3. The molecule has 2 atom stereocenters. The van der Waals surface area contributed by atoms with E-state index in [-0.39, 0.29) is 17.2 Å².